The van der Waals surface area contributed by atoms with Crippen LogP contribution < -0.4 is 10.0 Å². The maximum absolute atomic E-state index is 12.4. The second-order valence-electron chi connectivity index (χ2n) is 5.23. The van der Waals surface area contributed by atoms with Crippen molar-refractivity contribution in [2.45, 2.75) is 57.6 Å². The Morgan fingerprint density at radius 1 is 1.25 bits per heavy atom. The Morgan fingerprint density at radius 3 is 2.45 bits per heavy atom. The molecule has 0 amide bonds. The summed E-state index contributed by atoms with van der Waals surface area (Å²) >= 11 is 3.32. The van der Waals surface area contributed by atoms with E-state index in [2.05, 4.69) is 39.8 Å². The fraction of sp³-hybridized carbons (Fsp3) is 0.571. The van der Waals surface area contributed by atoms with Gasteiger partial charge in [0.15, 0.2) is 0 Å². The molecule has 0 saturated carbocycles. The van der Waals surface area contributed by atoms with Crippen LogP contribution in [0.2, 0.25) is 0 Å². The Hall–Kier alpha value is -0.430. The standard InChI is InChI=1S/C14H23BrN2O2S/c1-5-11(4)17-20(18,19)14-8-12(6-7-13(14)15)9-16-10(2)3/h6-8,10-11,16-17H,5,9H2,1-4H3. The molecule has 0 aromatic heterocycles. The molecule has 0 bridgehead atoms. The number of hydrogen-bond acceptors (Lipinski definition) is 3. The van der Waals surface area contributed by atoms with Gasteiger partial charge < -0.3 is 5.32 Å². The summed E-state index contributed by atoms with van der Waals surface area (Å²) in [6, 6.07) is 5.69. The van der Waals surface area contributed by atoms with Crippen LogP contribution in [0.5, 0.6) is 0 Å². The number of hydrogen-bond donors (Lipinski definition) is 2. The summed E-state index contributed by atoms with van der Waals surface area (Å²) < 4.78 is 28.0. The number of benzene rings is 1. The first-order valence-corrected chi connectivity index (χ1v) is 9.08. The van der Waals surface area contributed by atoms with Crippen LogP contribution >= 0.6 is 15.9 Å². The molecule has 4 nitrogen and oxygen atoms in total. The van der Waals surface area contributed by atoms with Gasteiger partial charge in [0.1, 0.15) is 0 Å². The van der Waals surface area contributed by atoms with Gasteiger partial charge in [-0.25, -0.2) is 13.1 Å². The van der Waals surface area contributed by atoms with Crippen LogP contribution in [-0.4, -0.2) is 20.5 Å². The molecule has 0 aliphatic rings. The molecular weight excluding hydrogens is 340 g/mol. The average Bonchev–Trinajstić information content (AvgIpc) is 2.36. The summed E-state index contributed by atoms with van der Waals surface area (Å²) in [7, 11) is -3.49. The van der Waals surface area contributed by atoms with E-state index >= 15 is 0 Å². The van der Waals surface area contributed by atoms with E-state index in [0.29, 0.717) is 22.0 Å². The molecule has 20 heavy (non-hydrogen) atoms. The third-order valence-electron chi connectivity index (χ3n) is 2.97. The van der Waals surface area contributed by atoms with E-state index in [1.165, 1.54) is 0 Å². The lowest BCUT2D eigenvalue weighted by atomic mass is 10.2. The predicted molar refractivity (Wildman–Crippen MR) is 86.2 cm³/mol. The Morgan fingerprint density at radius 2 is 1.90 bits per heavy atom. The zero-order chi connectivity index (χ0) is 15.3. The number of rotatable bonds is 7. The Balaban J connectivity index is 3.01. The Labute approximate surface area is 130 Å². The van der Waals surface area contributed by atoms with Crippen molar-refractivity contribution in [3.05, 3.63) is 28.2 Å². The van der Waals surface area contributed by atoms with Crippen molar-refractivity contribution in [3.8, 4) is 0 Å². The summed E-state index contributed by atoms with van der Waals surface area (Å²) in [6.45, 7) is 8.57. The van der Waals surface area contributed by atoms with Crippen molar-refractivity contribution in [2.75, 3.05) is 0 Å². The largest absolute Gasteiger partial charge is 0.310 e. The molecule has 114 valence electrons. The van der Waals surface area contributed by atoms with Crippen LogP contribution in [0.15, 0.2) is 27.6 Å². The molecule has 1 atom stereocenters. The van der Waals surface area contributed by atoms with E-state index in [9.17, 15) is 8.42 Å². The SMILES string of the molecule is CCC(C)NS(=O)(=O)c1cc(CNC(C)C)ccc1Br. The molecule has 1 aromatic carbocycles. The topological polar surface area (TPSA) is 58.2 Å². The molecule has 0 spiro atoms. The van der Waals surface area contributed by atoms with E-state index in [1.54, 1.807) is 12.1 Å². The van der Waals surface area contributed by atoms with Gasteiger partial charge in [0, 0.05) is 23.1 Å². The normalized spacial score (nSPS) is 13.7. The zero-order valence-corrected chi connectivity index (χ0v) is 14.8. The smallest absolute Gasteiger partial charge is 0.241 e. The van der Waals surface area contributed by atoms with E-state index in [4.69, 9.17) is 0 Å². The summed E-state index contributed by atoms with van der Waals surface area (Å²) in [4.78, 5) is 0.292. The van der Waals surface area contributed by atoms with Gasteiger partial charge in [-0.2, -0.15) is 0 Å². The minimum Gasteiger partial charge on any atom is -0.310 e. The third kappa shape index (κ3) is 5.16. The molecule has 0 aliphatic heterocycles. The Kier molecular flexibility index (Phi) is 6.64. The summed E-state index contributed by atoms with van der Waals surface area (Å²) in [5.74, 6) is 0. The number of sulfonamides is 1. The fourth-order valence-corrected chi connectivity index (χ4v) is 3.94. The fourth-order valence-electron chi connectivity index (χ4n) is 1.60. The third-order valence-corrected chi connectivity index (χ3v) is 5.55. The maximum atomic E-state index is 12.4. The molecular formula is C14H23BrN2O2S. The summed E-state index contributed by atoms with van der Waals surface area (Å²) in [5, 5.41) is 3.28. The van der Waals surface area contributed by atoms with E-state index in [-0.39, 0.29) is 6.04 Å². The van der Waals surface area contributed by atoms with Crippen molar-refractivity contribution in [2.24, 2.45) is 0 Å². The van der Waals surface area contributed by atoms with Gasteiger partial charge in [-0.1, -0.05) is 26.8 Å². The summed E-state index contributed by atoms with van der Waals surface area (Å²) in [6.07, 6.45) is 0.755. The molecule has 0 heterocycles. The van der Waals surface area contributed by atoms with Crippen LogP contribution in [0.4, 0.5) is 0 Å². The van der Waals surface area contributed by atoms with E-state index < -0.39 is 10.0 Å². The van der Waals surface area contributed by atoms with E-state index in [0.717, 1.165) is 12.0 Å². The van der Waals surface area contributed by atoms with Crippen LogP contribution in [0.25, 0.3) is 0 Å². The molecule has 0 saturated heterocycles. The molecule has 1 unspecified atom stereocenters. The van der Waals surface area contributed by atoms with Crippen molar-refractivity contribution < 1.29 is 8.42 Å². The van der Waals surface area contributed by atoms with Gasteiger partial charge in [0.2, 0.25) is 10.0 Å². The lowest BCUT2D eigenvalue weighted by Gasteiger charge is -2.15. The molecule has 1 rings (SSSR count). The first-order chi connectivity index (χ1) is 9.26. The van der Waals surface area contributed by atoms with Gasteiger partial charge in [-0.05, 0) is 47.0 Å². The van der Waals surface area contributed by atoms with Crippen molar-refractivity contribution in [3.63, 3.8) is 0 Å². The number of nitrogens with one attached hydrogen (secondary N) is 2. The summed E-state index contributed by atoms with van der Waals surface area (Å²) in [5.41, 5.74) is 0.950. The second-order valence-corrected chi connectivity index (χ2v) is 7.77. The van der Waals surface area contributed by atoms with Crippen molar-refractivity contribution >= 4 is 26.0 Å². The van der Waals surface area contributed by atoms with Crippen molar-refractivity contribution in [1.29, 1.82) is 0 Å². The lowest BCUT2D eigenvalue weighted by Crippen LogP contribution is -2.32. The van der Waals surface area contributed by atoms with Gasteiger partial charge in [0.25, 0.3) is 0 Å². The van der Waals surface area contributed by atoms with Crippen LogP contribution in [0.3, 0.4) is 0 Å². The second kappa shape index (κ2) is 7.54. The van der Waals surface area contributed by atoms with Crippen LogP contribution in [0, 0.1) is 0 Å². The predicted octanol–water partition coefficient (Wildman–Crippen LogP) is 3.02. The zero-order valence-electron chi connectivity index (χ0n) is 12.4. The molecule has 6 heteroatoms. The highest BCUT2D eigenvalue weighted by Crippen LogP contribution is 2.23. The quantitative estimate of drug-likeness (QED) is 0.783. The van der Waals surface area contributed by atoms with E-state index in [1.807, 2.05) is 19.9 Å². The Bertz CT molecular complexity index is 544. The molecule has 1 aromatic rings. The van der Waals surface area contributed by atoms with Gasteiger partial charge in [-0.15, -0.1) is 0 Å². The molecule has 0 aliphatic carbocycles. The van der Waals surface area contributed by atoms with Crippen LogP contribution in [0.1, 0.15) is 39.7 Å². The van der Waals surface area contributed by atoms with Gasteiger partial charge in [0.05, 0.1) is 4.90 Å². The average molecular weight is 363 g/mol. The van der Waals surface area contributed by atoms with Crippen molar-refractivity contribution in [1.82, 2.24) is 10.0 Å². The molecule has 0 fully saturated rings. The molecule has 0 radical (unpaired) electrons. The monoisotopic (exact) mass is 362 g/mol. The minimum atomic E-state index is -3.49. The lowest BCUT2D eigenvalue weighted by molar-refractivity contribution is 0.554. The van der Waals surface area contributed by atoms with Gasteiger partial charge >= 0.3 is 0 Å². The highest BCUT2D eigenvalue weighted by atomic mass is 79.9. The highest BCUT2D eigenvalue weighted by molar-refractivity contribution is 9.10. The highest BCUT2D eigenvalue weighted by Gasteiger charge is 2.20. The minimum absolute atomic E-state index is 0.0793. The number of halogens is 1. The van der Waals surface area contributed by atoms with Crippen LogP contribution in [-0.2, 0) is 16.6 Å². The maximum Gasteiger partial charge on any atom is 0.241 e. The first kappa shape index (κ1) is 17.6. The first-order valence-electron chi connectivity index (χ1n) is 6.80. The van der Waals surface area contributed by atoms with Gasteiger partial charge in [-0.3, -0.25) is 0 Å². The molecule has 2 N–H and O–H groups in total.